The van der Waals surface area contributed by atoms with Crippen molar-refractivity contribution >= 4 is 17.1 Å². The number of aromatic amines is 1. The zero-order valence-electron chi connectivity index (χ0n) is 14.0. The predicted octanol–water partition coefficient (Wildman–Crippen LogP) is 3.64. The lowest BCUT2D eigenvalue weighted by Gasteiger charge is -2.30. The van der Waals surface area contributed by atoms with Gasteiger partial charge in [0.25, 0.3) is 5.91 Å². The number of H-pyrrole nitrogens is 1. The number of rotatable bonds is 2. The maximum Gasteiger partial charge on any atom is 0.256 e. The number of pyridine rings is 1. The van der Waals surface area contributed by atoms with Crippen molar-refractivity contribution in [3.8, 4) is 11.4 Å². The normalized spacial score (nSPS) is 15.7. The third-order valence-corrected chi connectivity index (χ3v) is 4.81. The molecule has 2 aromatic heterocycles. The molecule has 6 heteroatoms. The van der Waals surface area contributed by atoms with E-state index < -0.39 is 0 Å². The molecular formula is C19H19FN4O. The summed E-state index contributed by atoms with van der Waals surface area (Å²) in [5.41, 5.74) is 2.46. The minimum atomic E-state index is -0.298. The number of benzene rings is 1. The zero-order valence-corrected chi connectivity index (χ0v) is 14.0. The summed E-state index contributed by atoms with van der Waals surface area (Å²) in [6.07, 6.45) is 3.67. The number of imidazole rings is 1. The summed E-state index contributed by atoms with van der Waals surface area (Å²) in [4.78, 5) is 26.7. The number of carbonyl (C=O) groups excluding carboxylic acids is 1. The maximum atomic E-state index is 13.1. The Bertz CT molecular complexity index is 911. The Morgan fingerprint density at radius 2 is 1.92 bits per heavy atom. The van der Waals surface area contributed by atoms with Crippen LogP contribution in [0.3, 0.4) is 0 Å². The number of hydrogen-bond donors (Lipinski definition) is 1. The highest BCUT2D eigenvalue weighted by atomic mass is 19.1. The molecule has 3 heterocycles. The molecule has 128 valence electrons. The number of likely N-dealkylation sites (tertiary alicyclic amines) is 1. The van der Waals surface area contributed by atoms with E-state index >= 15 is 0 Å². The number of amides is 1. The summed E-state index contributed by atoms with van der Waals surface area (Å²) < 4.78 is 13.1. The van der Waals surface area contributed by atoms with E-state index in [9.17, 15) is 9.18 Å². The van der Waals surface area contributed by atoms with Gasteiger partial charge in [0, 0.05) is 24.8 Å². The van der Waals surface area contributed by atoms with E-state index in [4.69, 9.17) is 0 Å². The molecule has 0 saturated carbocycles. The Hall–Kier alpha value is -2.76. The van der Waals surface area contributed by atoms with Gasteiger partial charge < -0.3 is 9.88 Å². The third-order valence-electron chi connectivity index (χ3n) is 4.81. The van der Waals surface area contributed by atoms with E-state index in [1.165, 1.54) is 12.1 Å². The minimum absolute atomic E-state index is 0.00797. The molecule has 25 heavy (non-hydrogen) atoms. The van der Waals surface area contributed by atoms with E-state index in [1.54, 1.807) is 24.4 Å². The second kappa shape index (κ2) is 6.27. The lowest BCUT2D eigenvalue weighted by atomic mass is 9.98. The van der Waals surface area contributed by atoms with Gasteiger partial charge in [0.15, 0.2) is 5.65 Å². The molecule has 0 spiro atoms. The molecule has 0 aliphatic carbocycles. The lowest BCUT2D eigenvalue weighted by molar-refractivity contribution is 0.0699. The van der Waals surface area contributed by atoms with Crippen LogP contribution < -0.4 is 0 Å². The summed E-state index contributed by atoms with van der Waals surface area (Å²) in [5.74, 6) is 0.954. The highest BCUT2D eigenvalue weighted by Crippen LogP contribution is 2.24. The van der Waals surface area contributed by atoms with Gasteiger partial charge in [0.1, 0.15) is 11.6 Å². The second-order valence-corrected chi connectivity index (χ2v) is 6.62. The summed E-state index contributed by atoms with van der Waals surface area (Å²) in [5, 5.41) is 0. The molecule has 1 amide bonds. The highest BCUT2D eigenvalue weighted by Gasteiger charge is 2.24. The van der Waals surface area contributed by atoms with Crippen LogP contribution in [0.5, 0.6) is 0 Å². The Balaban J connectivity index is 1.70. The van der Waals surface area contributed by atoms with Crippen molar-refractivity contribution in [1.29, 1.82) is 0 Å². The average Bonchev–Trinajstić information content (AvgIpc) is 3.06. The molecule has 3 aromatic rings. The molecule has 1 saturated heterocycles. The van der Waals surface area contributed by atoms with E-state index in [0.29, 0.717) is 28.5 Å². The molecule has 1 aliphatic rings. The minimum Gasteiger partial charge on any atom is -0.339 e. The molecule has 0 unspecified atom stereocenters. The largest absolute Gasteiger partial charge is 0.339 e. The fourth-order valence-corrected chi connectivity index (χ4v) is 3.22. The molecule has 0 radical (unpaired) electrons. The zero-order chi connectivity index (χ0) is 17.4. The Kier molecular flexibility index (Phi) is 3.95. The highest BCUT2D eigenvalue weighted by molar-refractivity contribution is 6.04. The van der Waals surface area contributed by atoms with Gasteiger partial charge >= 0.3 is 0 Å². The van der Waals surface area contributed by atoms with Crippen LogP contribution in [-0.2, 0) is 0 Å². The molecule has 0 atom stereocenters. The van der Waals surface area contributed by atoms with Crippen LogP contribution in [0.2, 0.25) is 0 Å². The van der Waals surface area contributed by atoms with Crippen molar-refractivity contribution in [1.82, 2.24) is 19.9 Å². The van der Waals surface area contributed by atoms with Crippen LogP contribution in [0.15, 0.2) is 36.5 Å². The molecular weight excluding hydrogens is 319 g/mol. The fraction of sp³-hybridized carbons (Fsp3) is 0.316. The summed E-state index contributed by atoms with van der Waals surface area (Å²) in [6, 6.07) is 7.81. The topological polar surface area (TPSA) is 61.9 Å². The summed E-state index contributed by atoms with van der Waals surface area (Å²) in [7, 11) is 0. The number of halogens is 1. The third kappa shape index (κ3) is 2.99. The van der Waals surface area contributed by atoms with E-state index in [1.807, 2.05) is 4.90 Å². The predicted molar refractivity (Wildman–Crippen MR) is 93.6 cm³/mol. The van der Waals surface area contributed by atoms with Crippen LogP contribution in [0.4, 0.5) is 4.39 Å². The first-order chi connectivity index (χ1) is 12.1. The number of nitrogens with one attached hydrogen (secondary N) is 1. The quantitative estimate of drug-likeness (QED) is 0.776. The monoisotopic (exact) mass is 338 g/mol. The molecule has 1 aromatic carbocycles. The maximum absolute atomic E-state index is 13.1. The van der Waals surface area contributed by atoms with Gasteiger partial charge in [-0.1, -0.05) is 6.92 Å². The molecule has 4 rings (SSSR count). The van der Waals surface area contributed by atoms with Gasteiger partial charge in [-0.25, -0.2) is 14.4 Å². The van der Waals surface area contributed by atoms with Gasteiger partial charge in [-0.05, 0) is 49.1 Å². The van der Waals surface area contributed by atoms with E-state index in [-0.39, 0.29) is 11.7 Å². The molecule has 1 fully saturated rings. The number of piperidine rings is 1. The fourth-order valence-electron chi connectivity index (χ4n) is 3.22. The number of aromatic nitrogens is 3. The van der Waals surface area contributed by atoms with Crippen LogP contribution in [0, 0.1) is 11.7 Å². The summed E-state index contributed by atoms with van der Waals surface area (Å²) >= 11 is 0. The number of hydrogen-bond acceptors (Lipinski definition) is 3. The van der Waals surface area contributed by atoms with Crippen LogP contribution in [-0.4, -0.2) is 38.8 Å². The number of fused-ring (bicyclic) bond motifs is 1. The van der Waals surface area contributed by atoms with Gasteiger partial charge in [0.05, 0.1) is 11.1 Å². The van der Waals surface area contributed by atoms with Gasteiger partial charge in [-0.3, -0.25) is 4.79 Å². The smallest absolute Gasteiger partial charge is 0.256 e. The molecule has 0 bridgehead atoms. The first-order valence-corrected chi connectivity index (χ1v) is 8.52. The Morgan fingerprint density at radius 3 is 2.64 bits per heavy atom. The van der Waals surface area contributed by atoms with Crippen molar-refractivity contribution in [3.63, 3.8) is 0 Å². The van der Waals surface area contributed by atoms with Crippen molar-refractivity contribution < 1.29 is 9.18 Å². The average molecular weight is 338 g/mol. The number of nitrogens with zero attached hydrogens (tertiary/aromatic N) is 3. The molecule has 1 aliphatic heterocycles. The van der Waals surface area contributed by atoms with Gasteiger partial charge in [-0.2, -0.15) is 0 Å². The van der Waals surface area contributed by atoms with Gasteiger partial charge in [0.2, 0.25) is 0 Å². The molecule has 5 nitrogen and oxygen atoms in total. The second-order valence-electron chi connectivity index (χ2n) is 6.62. The number of carbonyl (C=O) groups is 1. The first kappa shape index (κ1) is 15.7. The van der Waals surface area contributed by atoms with Crippen molar-refractivity contribution in [2.75, 3.05) is 13.1 Å². The Labute approximate surface area is 144 Å². The van der Waals surface area contributed by atoms with Crippen molar-refractivity contribution in [2.24, 2.45) is 5.92 Å². The van der Waals surface area contributed by atoms with E-state index in [0.717, 1.165) is 31.5 Å². The van der Waals surface area contributed by atoms with E-state index in [2.05, 4.69) is 21.9 Å². The lowest BCUT2D eigenvalue weighted by Crippen LogP contribution is -2.38. The van der Waals surface area contributed by atoms with Crippen molar-refractivity contribution in [2.45, 2.75) is 19.8 Å². The SMILES string of the molecule is CC1CCN(C(=O)c2ccnc3nc(-c4ccc(F)cc4)[nH]c23)CC1. The van der Waals surface area contributed by atoms with Crippen molar-refractivity contribution in [3.05, 3.63) is 47.9 Å². The van der Waals surface area contributed by atoms with Crippen LogP contribution in [0.1, 0.15) is 30.1 Å². The van der Waals surface area contributed by atoms with Crippen LogP contribution >= 0.6 is 0 Å². The summed E-state index contributed by atoms with van der Waals surface area (Å²) in [6.45, 7) is 3.78. The molecule has 1 N–H and O–H groups in total. The first-order valence-electron chi connectivity index (χ1n) is 8.52. The standard InChI is InChI=1S/C19H19FN4O/c1-12-7-10-24(11-8-12)19(25)15-6-9-21-18-16(15)22-17(23-18)13-2-4-14(20)5-3-13/h2-6,9,12H,7-8,10-11H2,1H3,(H,21,22,23). The van der Waals surface area contributed by atoms with Gasteiger partial charge in [-0.15, -0.1) is 0 Å². The van der Waals surface area contributed by atoms with Crippen LogP contribution in [0.25, 0.3) is 22.6 Å². The Morgan fingerprint density at radius 1 is 1.20 bits per heavy atom.